The van der Waals surface area contributed by atoms with E-state index in [2.05, 4.69) is 5.43 Å². The number of ether oxygens (including phenoxy) is 2. The van der Waals surface area contributed by atoms with E-state index < -0.39 is 47.7 Å². The van der Waals surface area contributed by atoms with E-state index in [1.54, 1.807) is 20.8 Å². The summed E-state index contributed by atoms with van der Waals surface area (Å²) < 4.78 is 11.2. The van der Waals surface area contributed by atoms with Gasteiger partial charge < -0.3 is 9.47 Å². The second-order valence-electron chi connectivity index (χ2n) is 10.9. The van der Waals surface area contributed by atoms with Crippen molar-refractivity contribution >= 4 is 23.8 Å². The Hall–Kier alpha value is -3.72. The van der Waals surface area contributed by atoms with Crippen LogP contribution in [-0.2, 0) is 23.9 Å². The van der Waals surface area contributed by atoms with Gasteiger partial charge in [0.25, 0.3) is 5.91 Å². The molecule has 1 unspecified atom stereocenters. The van der Waals surface area contributed by atoms with Crippen LogP contribution in [0.25, 0.3) is 0 Å². The molecule has 2 aromatic rings. The molecule has 1 fully saturated rings. The van der Waals surface area contributed by atoms with Gasteiger partial charge >= 0.3 is 12.0 Å². The Morgan fingerprint density at radius 1 is 0.950 bits per heavy atom. The molecule has 0 spiro atoms. The van der Waals surface area contributed by atoms with E-state index in [1.807, 2.05) is 81.4 Å². The molecule has 1 saturated heterocycles. The van der Waals surface area contributed by atoms with Crippen LogP contribution in [0.3, 0.4) is 0 Å². The summed E-state index contributed by atoms with van der Waals surface area (Å²) in [5.41, 5.74) is 2.58. The molecule has 40 heavy (non-hydrogen) atoms. The van der Waals surface area contributed by atoms with Gasteiger partial charge in [-0.3, -0.25) is 14.6 Å². The van der Waals surface area contributed by atoms with Crippen molar-refractivity contribution in [1.82, 2.24) is 15.3 Å². The first kappa shape index (κ1) is 30.8. The van der Waals surface area contributed by atoms with Crippen molar-refractivity contribution < 1.29 is 28.7 Å². The van der Waals surface area contributed by atoms with E-state index >= 15 is 0 Å². The molecule has 1 N–H and O–H groups in total. The highest BCUT2D eigenvalue weighted by Crippen LogP contribution is 2.45. The molecule has 0 radical (unpaired) electrons. The summed E-state index contributed by atoms with van der Waals surface area (Å²) in [6.45, 7) is 10.6. The quantitative estimate of drug-likeness (QED) is 0.253. The molecule has 0 aromatic heterocycles. The predicted molar refractivity (Wildman–Crippen MR) is 151 cm³/mol. The molecule has 9 nitrogen and oxygen atoms in total. The van der Waals surface area contributed by atoms with Gasteiger partial charge in [-0.2, -0.15) is 0 Å². The fourth-order valence-electron chi connectivity index (χ4n) is 5.02. The molecular formula is C31H41N3O6. The lowest BCUT2D eigenvalue weighted by atomic mass is 9.72. The maximum absolute atomic E-state index is 14.0. The summed E-state index contributed by atoms with van der Waals surface area (Å²) in [5.74, 6) is -1.99. The minimum Gasteiger partial charge on any atom is -0.458 e. The number of nitrogens with zero attached hydrogens (tertiary/aromatic N) is 2. The Bertz CT molecular complexity index is 1140. The molecule has 1 atom stereocenters. The number of urea groups is 1. The van der Waals surface area contributed by atoms with Crippen molar-refractivity contribution in [2.24, 2.45) is 5.41 Å². The lowest BCUT2D eigenvalue weighted by molar-refractivity contribution is -0.216. The second-order valence-corrected chi connectivity index (χ2v) is 10.9. The zero-order valence-electron chi connectivity index (χ0n) is 24.3. The average Bonchev–Trinajstić information content (AvgIpc) is 2.91. The van der Waals surface area contributed by atoms with E-state index in [0.717, 1.165) is 16.0 Å². The number of carbonyl (C=O) groups is 4. The van der Waals surface area contributed by atoms with Crippen molar-refractivity contribution in [1.29, 1.82) is 0 Å². The Morgan fingerprint density at radius 2 is 1.48 bits per heavy atom. The van der Waals surface area contributed by atoms with Crippen LogP contribution in [0.4, 0.5) is 4.79 Å². The highest BCUT2D eigenvalue weighted by Gasteiger charge is 2.62. The first-order valence-electron chi connectivity index (χ1n) is 13.9. The van der Waals surface area contributed by atoms with Crippen molar-refractivity contribution in [2.45, 2.75) is 78.6 Å². The maximum atomic E-state index is 14.0. The van der Waals surface area contributed by atoms with Gasteiger partial charge in [-0.05, 0) is 51.2 Å². The fourth-order valence-corrected chi connectivity index (χ4v) is 5.02. The van der Waals surface area contributed by atoms with Gasteiger partial charge in [0.2, 0.25) is 5.91 Å². The van der Waals surface area contributed by atoms with Crippen molar-refractivity contribution in [3.63, 3.8) is 0 Å². The normalized spacial score (nSPS) is 16.3. The molecule has 3 rings (SSSR count). The van der Waals surface area contributed by atoms with E-state index in [1.165, 1.54) is 5.01 Å². The first-order valence-corrected chi connectivity index (χ1v) is 13.9. The molecular weight excluding hydrogens is 510 g/mol. The second kappa shape index (κ2) is 13.1. The largest absolute Gasteiger partial charge is 0.458 e. The van der Waals surface area contributed by atoms with Crippen LogP contribution < -0.4 is 5.43 Å². The molecule has 4 amide bonds. The lowest BCUT2D eigenvalue weighted by Crippen LogP contribution is -2.73. The number of carbonyl (C=O) groups excluding carboxylic acids is 4. The van der Waals surface area contributed by atoms with Gasteiger partial charge in [-0.15, -0.1) is 0 Å². The van der Waals surface area contributed by atoms with Crippen LogP contribution >= 0.6 is 0 Å². The third-order valence-corrected chi connectivity index (χ3v) is 7.07. The summed E-state index contributed by atoms with van der Waals surface area (Å²) in [7, 11) is 0. The predicted octanol–water partition coefficient (Wildman–Crippen LogP) is 5.01. The molecule has 0 aliphatic carbocycles. The van der Waals surface area contributed by atoms with Crippen LogP contribution in [-0.4, -0.2) is 58.7 Å². The van der Waals surface area contributed by atoms with Crippen LogP contribution in [0.1, 0.15) is 77.8 Å². The lowest BCUT2D eigenvalue weighted by Gasteiger charge is -2.53. The van der Waals surface area contributed by atoms with E-state index in [0.29, 0.717) is 19.3 Å². The number of amides is 4. The zero-order valence-corrected chi connectivity index (χ0v) is 24.3. The number of benzene rings is 2. The van der Waals surface area contributed by atoms with Gasteiger partial charge in [0.05, 0.1) is 11.3 Å². The monoisotopic (exact) mass is 551 g/mol. The Kier molecular flexibility index (Phi) is 10.1. The van der Waals surface area contributed by atoms with Crippen molar-refractivity contribution in [2.75, 3.05) is 13.2 Å². The highest BCUT2D eigenvalue weighted by atomic mass is 16.6. The van der Waals surface area contributed by atoms with Crippen molar-refractivity contribution in [3.8, 4) is 0 Å². The van der Waals surface area contributed by atoms with Gasteiger partial charge in [0, 0.05) is 6.54 Å². The molecule has 1 aliphatic rings. The van der Waals surface area contributed by atoms with Crippen LogP contribution in [0.2, 0.25) is 0 Å². The van der Waals surface area contributed by atoms with Crippen molar-refractivity contribution in [3.05, 3.63) is 71.8 Å². The number of nitrogens with one attached hydrogen (secondary N) is 1. The number of β-lactam (4-membered cyclic amide) rings is 1. The number of imide groups is 1. The van der Waals surface area contributed by atoms with Crippen LogP contribution in [0, 0.1) is 5.41 Å². The third kappa shape index (κ3) is 6.70. The van der Waals surface area contributed by atoms with Crippen LogP contribution in [0.15, 0.2) is 60.7 Å². The molecule has 0 saturated carbocycles. The molecule has 1 heterocycles. The first-order chi connectivity index (χ1) is 19.0. The molecule has 0 bridgehead atoms. The minimum absolute atomic E-state index is 0.235. The Morgan fingerprint density at radius 3 is 1.93 bits per heavy atom. The van der Waals surface area contributed by atoms with E-state index in [4.69, 9.17) is 9.47 Å². The van der Waals surface area contributed by atoms with Gasteiger partial charge in [0.15, 0.2) is 6.23 Å². The van der Waals surface area contributed by atoms with E-state index in [9.17, 15) is 19.2 Å². The summed E-state index contributed by atoms with van der Waals surface area (Å²) >= 11 is 0. The van der Waals surface area contributed by atoms with Crippen LogP contribution in [0.5, 0.6) is 0 Å². The van der Waals surface area contributed by atoms with Gasteiger partial charge in [-0.1, -0.05) is 81.4 Å². The molecule has 9 heteroatoms. The number of esters is 1. The summed E-state index contributed by atoms with van der Waals surface area (Å²) in [6, 6.07) is 17.9. The number of likely N-dealkylation sites (tertiary alicyclic amines) is 1. The maximum Gasteiger partial charge on any atom is 0.345 e. The van der Waals surface area contributed by atoms with E-state index in [-0.39, 0.29) is 12.5 Å². The minimum atomic E-state index is -0.972. The average molecular weight is 552 g/mol. The third-order valence-electron chi connectivity index (χ3n) is 7.07. The summed E-state index contributed by atoms with van der Waals surface area (Å²) in [6.07, 6.45) is 0.447. The SMILES string of the molecule is CCCN(NC(=O)N1C(=O)C(CC)(CC)C1OCC(=O)OC(C)(C)C)C(=O)C(c1ccccc1)c1ccccc1. The molecule has 2 aromatic carbocycles. The topological polar surface area (TPSA) is 105 Å². The standard InChI is InChI=1S/C31H41N3O6/c1-7-20-33(26(36)25(22-16-12-10-13-17-22)23-18-14-11-15-19-23)32-29(38)34-27(37)31(8-2,9-3)28(34)39-21-24(35)40-30(4,5)6/h10-19,25,28H,7-9,20-21H2,1-6H3,(H,32,38). The fraction of sp³-hybridized carbons (Fsp3) is 0.484. The van der Waals surface area contributed by atoms with Gasteiger partial charge in [-0.25, -0.2) is 19.9 Å². The Balaban J connectivity index is 1.85. The number of rotatable bonds is 10. The summed E-state index contributed by atoms with van der Waals surface area (Å²) in [5, 5.41) is 1.27. The van der Waals surface area contributed by atoms with Gasteiger partial charge in [0.1, 0.15) is 12.2 Å². The number of hydrazine groups is 1. The summed E-state index contributed by atoms with van der Waals surface area (Å²) in [4.78, 5) is 54.1. The number of hydrogen-bond donors (Lipinski definition) is 1. The number of hydrogen-bond acceptors (Lipinski definition) is 6. The Labute approximate surface area is 236 Å². The molecule has 1 aliphatic heterocycles. The smallest absolute Gasteiger partial charge is 0.345 e. The molecule has 216 valence electrons. The highest BCUT2D eigenvalue weighted by molar-refractivity contribution is 6.04. The zero-order chi connectivity index (χ0) is 29.5.